The van der Waals surface area contributed by atoms with E-state index in [-0.39, 0.29) is 11.8 Å². The first kappa shape index (κ1) is 15.2. The summed E-state index contributed by atoms with van der Waals surface area (Å²) in [5.41, 5.74) is 5.31. The molecule has 0 aromatic rings. The van der Waals surface area contributed by atoms with Crippen LogP contribution in [-0.4, -0.2) is 38.3 Å². The van der Waals surface area contributed by atoms with Crippen LogP contribution in [0.2, 0.25) is 0 Å². The molecular weight excluding hydrogens is 232 g/mol. The van der Waals surface area contributed by atoms with Gasteiger partial charge in [-0.05, 0) is 32.1 Å². The molecular formula is C9H22N2O2S2. The summed E-state index contributed by atoms with van der Waals surface area (Å²) >= 11 is 1.74. The van der Waals surface area contributed by atoms with Crippen molar-refractivity contribution in [2.45, 2.75) is 32.7 Å². The fourth-order valence-electron chi connectivity index (χ4n) is 1.13. The summed E-state index contributed by atoms with van der Waals surface area (Å²) in [4.78, 5) is 0. The molecule has 92 valence electrons. The molecule has 1 atom stereocenters. The van der Waals surface area contributed by atoms with Gasteiger partial charge in [-0.3, -0.25) is 0 Å². The highest BCUT2D eigenvalue weighted by Crippen LogP contribution is 2.03. The zero-order chi connectivity index (χ0) is 11.7. The quantitative estimate of drug-likeness (QED) is 0.597. The molecule has 1 unspecified atom stereocenters. The predicted octanol–water partition coefficient (Wildman–Crippen LogP) is 0.786. The van der Waals surface area contributed by atoms with Crippen molar-refractivity contribution >= 4 is 21.8 Å². The summed E-state index contributed by atoms with van der Waals surface area (Å²) < 4.78 is 25.7. The molecule has 0 aromatic carbocycles. The SMILES string of the molecule is CCSCC(C)NS(=O)(=O)CCCCN. The van der Waals surface area contributed by atoms with E-state index in [0.29, 0.717) is 13.0 Å². The van der Waals surface area contributed by atoms with E-state index in [4.69, 9.17) is 5.73 Å². The van der Waals surface area contributed by atoms with Crippen LogP contribution in [0.25, 0.3) is 0 Å². The fraction of sp³-hybridized carbons (Fsp3) is 1.00. The second-order valence-corrected chi connectivity index (χ2v) is 6.69. The molecule has 0 fully saturated rings. The molecule has 4 nitrogen and oxygen atoms in total. The van der Waals surface area contributed by atoms with Gasteiger partial charge in [-0.2, -0.15) is 11.8 Å². The lowest BCUT2D eigenvalue weighted by Gasteiger charge is -2.13. The average molecular weight is 254 g/mol. The van der Waals surface area contributed by atoms with E-state index in [2.05, 4.69) is 11.6 Å². The maximum Gasteiger partial charge on any atom is 0.211 e. The first-order valence-electron chi connectivity index (χ1n) is 5.29. The van der Waals surface area contributed by atoms with Gasteiger partial charge in [0, 0.05) is 11.8 Å². The summed E-state index contributed by atoms with van der Waals surface area (Å²) in [5, 5.41) is 0. The Hall–Kier alpha value is 0.220. The van der Waals surface area contributed by atoms with E-state index in [9.17, 15) is 8.42 Å². The van der Waals surface area contributed by atoms with Crippen LogP contribution < -0.4 is 10.5 Å². The van der Waals surface area contributed by atoms with Gasteiger partial charge in [0.15, 0.2) is 0 Å². The van der Waals surface area contributed by atoms with Crippen molar-refractivity contribution in [2.24, 2.45) is 5.73 Å². The van der Waals surface area contributed by atoms with E-state index in [1.54, 1.807) is 11.8 Å². The smallest absolute Gasteiger partial charge is 0.211 e. The standard InChI is InChI=1S/C9H22N2O2S2/c1-3-14-8-9(2)11-15(12,13)7-5-4-6-10/h9,11H,3-8,10H2,1-2H3. The van der Waals surface area contributed by atoms with Crippen molar-refractivity contribution in [2.75, 3.05) is 23.8 Å². The molecule has 0 aliphatic carbocycles. The number of hydrogen-bond donors (Lipinski definition) is 2. The van der Waals surface area contributed by atoms with Crippen molar-refractivity contribution in [1.29, 1.82) is 0 Å². The first-order valence-corrected chi connectivity index (χ1v) is 8.10. The van der Waals surface area contributed by atoms with Crippen LogP contribution in [-0.2, 0) is 10.0 Å². The number of unbranched alkanes of at least 4 members (excludes halogenated alkanes) is 1. The van der Waals surface area contributed by atoms with Crippen LogP contribution in [0.4, 0.5) is 0 Å². The Kier molecular flexibility index (Phi) is 8.50. The van der Waals surface area contributed by atoms with Gasteiger partial charge in [-0.25, -0.2) is 13.1 Å². The van der Waals surface area contributed by atoms with Gasteiger partial charge >= 0.3 is 0 Å². The molecule has 0 aliphatic rings. The summed E-state index contributed by atoms with van der Waals surface area (Å²) in [6.07, 6.45) is 1.40. The Morgan fingerprint density at radius 3 is 2.60 bits per heavy atom. The van der Waals surface area contributed by atoms with Crippen LogP contribution in [0.1, 0.15) is 26.7 Å². The van der Waals surface area contributed by atoms with Crippen molar-refractivity contribution < 1.29 is 8.42 Å². The third-order valence-electron chi connectivity index (χ3n) is 1.82. The third-order valence-corrected chi connectivity index (χ3v) is 4.55. The minimum atomic E-state index is -3.10. The first-order chi connectivity index (χ1) is 7.02. The van der Waals surface area contributed by atoms with Gasteiger partial charge < -0.3 is 5.73 Å². The van der Waals surface area contributed by atoms with Crippen LogP contribution in [0.15, 0.2) is 0 Å². The summed E-state index contributed by atoms with van der Waals surface area (Å²) in [7, 11) is -3.10. The fourth-order valence-corrected chi connectivity index (χ4v) is 3.31. The van der Waals surface area contributed by atoms with Gasteiger partial charge in [0.1, 0.15) is 0 Å². The third kappa shape index (κ3) is 9.17. The van der Waals surface area contributed by atoms with E-state index in [1.165, 1.54) is 0 Å². The lowest BCUT2D eigenvalue weighted by molar-refractivity contribution is 0.567. The Morgan fingerprint density at radius 1 is 1.40 bits per heavy atom. The predicted molar refractivity (Wildman–Crippen MR) is 67.7 cm³/mol. The molecule has 0 aliphatic heterocycles. The van der Waals surface area contributed by atoms with Gasteiger partial charge in [-0.15, -0.1) is 0 Å². The van der Waals surface area contributed by atoms with Crippen molar-refractivity contribution in [3.05, 3.63) is 0 Å². The largest absolute Gasteiger partial charge is 0.330 e. The minimum Gasteiger partial charge on any atom is -0.330 e. The maximum atomic E-state index is 11.5. The van der Waals surface area contributed by atoms with Crippen molar-refractivity contribution in [3.63, 3.8) is 0 Å². The number of sulfonamides is 1. The molecule has 0 bridgehead atoms. The highest BCUT2D eigenvalue weighted by molar-refractivity contribution is 7.99. The molecule has 0 amide bonds. The molecule has 0 saturated carbocycles. The highest BCUT2D eigenvalue weighted by Gasteiger charge is 2.13. The molecule has 15 heavy (non-hydrogen) atoms. The van der Waals surface area contributed by atoms with Crippen LogP contribution >= 0.6 is 11.8 Å². The topological polar surface area (TPSA) is 72.2 Å². The zero-order valence-electron chi connectivity index (χ0n) is 9.53. The summed E-state index contributed by atoms with van der Waals surface area (Å²) in [6, 6.07) is 0.0119. The molecule has 0 heterocycles. The number of nitrogens with one attached hydrogen (secondary N) is 1. The zero-order valence-corrected chi connectivity index (χ0v) is 11.2. The van der Waals surface area contributed by atoms with Gasteiger partial charge in [0.25, 0.3) is 0 Å². The van der Waals surface area contributed by atoms with E-state index >= 15 is 0 Å². The number of thioether (sulfide) groups is 1. The minimum absolute atomic E-state index is 0.0119. The van der Waals surface area contributed by atoms with Gasteiger partial charge in [0.05, 0.1) is 5.75 Å². The average Bonchev–Trinajstić information content (AvgIpc) is 2.14. The lowest BCUT2D eigenvalue weighted by Crippen LogP contribution is -2.36. The van der Waals surface area contributed by atoms with Crippen molar-refractivity contribution in [1.82, 2.24) is 4.72 Å². The van der Waals surface area contributed by atoms with Gasteiger partial charge in [-0.1, -0.05) is 6.92 Å². The van der Waals surface area contributed by atoms with E-state index in [0.717, 1.165) is 17.9 Å². The maximum absolute atomic E-state index is 11.5. The summed E-state index contributed by atoms with van der Waals surface area (Å²) in [5.74, 6) is 2.02. The van der Waals surface area contributed by atoms with Gasteiger partial charge in [0.2, 0.25) is 10.0 Å². The Morgan fingerprint density at radius 2 is 2.07 bits per heavy atom. The monoisotopic (exact) mass is 254 g/mol. The molecule has 0 aromatic heterocycles. The Labute approximate surface area is 97.4 Å². The molecule has 6 heteroatoms. The second-order valence-electron chi connectivity index (χ2n) is 3.49. The Bertz CT molecular complexity index is 242. The second kappa shape index (κ2) is 8.38. The molecule has 0 radical (unpaired) electrons. The number of rotatable bonds is 9. The molecule has 0 spiro atoms. The molecule has 0 saturated heterocycles. The Balaban J connectivity index is 3.81. The van der Waals surface area contributed by atoms with E-state index in [1.807, 2.05) is 6.92 Å². The van der Waals surface area contributed by atoms with Crippen LogP contribution in [0, 0.1) is 0 Å². The summed E-state index contributed by atoms with van der Waals surface area (Å²) in [6.45, 7) is 4.51. The normalized spacial score (nSPS) is 14.1. The molecule has 3 N–H and O–H groups in total. The van der Waals surface area contributed by atoms with Crippen LogP contribution in [0.3, 0.4) is 0 Å². The van der Waals surface area contributed by atoms with Crippen molar-refractivity contribution in [3.8, 4) is 0 Å². The van der Waals surface area contributed by atoms with Crippen LogP contribution in [0.5, 0.6) is 0 Å². The molecule has 0 rings (SSSR count). The number of hydrogen-bond acceptors (Lipinski definition) is 4. The highest BCUT2D eigenvalue weighted by atomic mass is 32.2. The number of nitrogens with two attached hydrogens (primary N) is 1. The lowest BCUT2D eigenvalue weighted by atomic mass is 10.3. The van der Waals surface area contributed by atoms with E-state index < -0.39 is 10.0 Å².